The highest BCUT2D eigenvalue weighted by Crippen LogP contribution is 2.32. The standard InChI is InChI=1S/C21H27N3O2S/c1-15-7-6-12-23(13-15)19(25)14-27-21-22-18-11-5-4-10-17(18)20(26)24(21)16-8-2-3-9-16/h4-5,10-11,15-16H,2-3,6-9,12-14H2,1H3. The molecular weight excluding hydrogens is 358 g/mol. The second kappa shape index (κ2) is 8.05. The first-order valence-electron chi connectivity index (χ1n) is 10.1. The largest absolute Gasteiger partial charge is 0.342 e. The molecule has 0 N–H and O–H groups in total. The first-order chi connectivity index (χ1) is 13.1. The number of aromatic nitrogens is 2. The minimum absolute atomic E-state index is 0.0362. The van der Waals surface area contributed by atoms with Crippen molar-refractivity contribution in [2.24, 2.45) is 5.92 Å². The summed E-state index contributed by atoms with van der Waals surface area (Å²) in [7, 11) is 0. The number of piperidine rings is 1. The van der Waals surface area contributed by atoms with Gasteiger partial charge in [0.2, 0.25) is 5.91 Å². The van der Waals surface area contributed by atoms with Crippen molar-refractivity contribution >= 4 is 28.6 Å². The molecule has 6 heteroatoms. The quantitative estimate of drug-likeness (QED) is 0.592. The Kier molecular flexibility index (Phi) is 5.53. The molecule has 1 aliphatic carbocycles. The van der Waals surface area contributed by atoms with Crippen LogP contribution in [-0.2, 0) is 4.79 Å². The van der Waals surface area contributed by atoms with Gasteiger partial charge in [-0.25, -0.2) is 4.98 Å². The number of rotatable bonds is 4. The van der Waals surface area contributed by atoms with Crippen molar-refractivity contribution < 1.29 is 4.79 Å². The van der Waals surface area contributed by atoms with Crippen LogP contribution in [0.3, 0.4) is 0 Å². The van der Waals surface area contributed by atoms with E-state index in [0.717, 1.165) is 50.7 Å². The molecule has 1 aromatic heterocycles. The minimum Gasteiger partial charge on any atom is -0.342 e. The number of thioether (sulfide) groups is 1. The Morgan fingerprint density at radius 3 is 2.74 bits per heavy atom. The summed E-state index contributed by atoms with van der Waals surface area (Å²) >= 11 is 1.43. The van der Waals surface area contributed by atoms with Gasteiger partial charge in [0.15, 0.2) is 5.16 Å². The van der Waals surface area contributed by atoms with Gasteiger partial charge < -0.3 is 4.90 Å². The van der Waals surface area contributed by atoms with Gasteiger partial charge in [-0.3, -0.25) is 14.2 Å². The minimum atomic E-state index is 0.0362. The molecule has 0 bridgehead atoms. The van der Waals surface area contributed by atoms with Crippen molar-refractivity contribution in [2.75, 3.05) is 18.8 Å². The van der Waals surface area contributed by atoms with E-state index in [2.05, 4.69) is 6.92 Å². The number of likely N-dealkylation sites (tertiary alicyclic amines) is 1. The molecule has 1 saturated heterocycles. The van der Waals surface area contributed by atoms with Gasteiger partial charge in [0.05, 0.1) is 16.7 Å². The summed E-state index contributed by atoms with van der Waals surface area (Å²) in [5.74, 6) is 1.08. The van der Waals surface area contributed by atoms with Crippen LogP contribution in [0.25, 0.3) is 10.9 Å². The van der Waals surface area contributed by atoms with Gasteiger partial charge in [-0.15, -0.1) is 0 Å². The number of carbonyl (C=O) groups is 1. The topological polar surface area (TPSA) is 55.2 Å². The summed E-state index contributed by atoms with van der Waals surface area (Å²) in [4.78, 5) is 32.6. The number of carbonyl (C=O) groups excluding carboxylic acids is 1. The molecule has 0 spiro atoms. The Morgan fingerprint density at radius 2 is 1.96 bits per heavy atom. The summed E-state index contributed by atoms with van der Waals surface area (Å²) in [5, 5.41) is 1.37. The molecule has 144 valence electrons. The molecule has 1 aromatic carbocycles. The van der Waals surface area contributed by atoms with Crippen molar-refractivity contribution in [1.29, 1.82) is 0 Å². The fourth-order valence-corrected chi connectivity index (χ4v) is 5.31. The average Bonchev–Trinajstić information content (AvgIpc) is 3.20. The Balaban J connectivity index is 1.61. The lowest BCUT2D eigenvalue weighted by molar-refractivity contribution is -0.130. The van der Waals surface area contributed by atoms with E-state index in [1.165, 1.54) is 18.2 Å². The Morgan fingerprint density at radius 1 is 1.19 bits per heavy atom. The van der Waals surface area contributed by atoms with Crippen LogP contribution in [0, 0.1) is 5.92 Å². The zero-order chi connectivity index (χ0) is 18.8. The van der Waals surface area contributed by atoms with Gasteiger partial charge in [0.25, 0.3) is 5.56 Å². The lowest BCUT2D eigenvalue weighted by atomic mass is 10.0. The third kappa shape index (κ3) is 3.91. The molecule has 1 atom stereocenters. The highest BCUT2D eigenvalue weighted by Gasteiger charge is 2.25. The molecule has 2 fully saturated rings. The molecule has 27 heavy (non-hydrogen) atoms. The third-order valence-electron chi connectivity index (χ3n) is 5.80. The van der Waals surface area contributed by atoms with Gasteiger partial charge >= 0.3 is 0 Å². The van der Waals surface area contributed by atoms with Gasteiger partial charge in [-0.2, -0.15) is 0 Å². The van der Waals surface area contributed by atoms with Crippen molar-refractivity contribution in [2.45, 2.75) is 56.6 Å². The SMILES string of the molecule is CC1CCCN(C(=O)CSc2nc3ccccc3c(=O)n2C2CCCC2)C1. The first kappa shape index (κ1) is 18.5. The normalized spacial score (nSPS) is 21.1. The molecule has 1 saturated carbocycles. The van der Waals surface area contributed by atoms with Crippen LogP contribution in [-0.4, -0.2) is 39.2 Å². The number of hydrogen-bond acceptors (Lipinski definition) is 4. The second-order valence-corrected chi connectivity index (χ2v) is 8.84. The predicted octanol–water partition coefficient (Wildman–Crippen LogP) is 3.86. The van der Waals surface area contributed by atoms with E-state index in [4.69, 9.17) is 4.98 Å². The van der Waals surface area contributed by atoms with Gasteiger partial charge in [-0.05, 0) is 43.7 Å². The van der Waals surface area contributed by atoms with E-state index in [1.807, 2.05) is 33.7 Å². The Hall–Kier alpha value is -1.82. The van der Waals surface area contributed by atoms with Gasteiger partial charge in [0, 0.05) is 19.1 Å². The maximum absolute atomic E-state index is 13.1. The van der Waals surface area contributed by atoms with Crippen molar-refractivity contribution in [3.8, 4) is 0 Å². The van der Waals surface area contributed by atoms with E-state index >= 15 is 0 Å². The fourth-order valence-electron chi connectivity index (χ4n) is 4.35. The summed E-state index contributed by atoms with van der Waals surface area (Å²) in [6.07, 6.45) is 6.62. The maximum atomic E-state index is 13.1. The monoisotopic (exact) mass is 385 g/mol. The van der Waals surface area contributed by atoms with E-state index in [-0.39, 0.29) is 17.5 Å². The molecule has 2 heterocycles. The lowest BCUT2D eigenvalue weighted by Gasteiger charge is -2.31. The lowest BCUT2D eigenvalue weighted by Crippen LogP contribution is -2.40. The van der Waals surface area contributed by atoms with Crippen molar-refractivity contribution in [1.82, 2.24) is 14.5 Å². The zero-order valence-corrected chi connectivity index (χ0v) is 16.7. The fraction of sp³-hybridized carbons (Fsp3) is 0.571. The van der Waals surface area contributed by atoms with Crippen molar-refractivity contribution in [3.05, 3.63) is 34.6 Å². The van der Waals surface area contributed by atoms with Crippen molar-refractivity contribution in [3.63, 3.8) is 0 Å². The summed E-state index contributed by atoms with van der Waals surface area (Å²) in [6, 6.07) is 7.74. The average molecular weight is 386 g/mol. The molecule has 2 aliphatic rings. The van der Waals surface area contributed by atoms with Gasteiger partial charge in [0.1, 0.15) is 0 Å². The Bertz CT molecular complexity index is 889. The number of para-hydroxylation sites is 1. The van der Waals surface area contributed by atoms with Crippen LogP contribution in [0.4, 0.5) is 0 Å². The van der Waals surface area contributed by atoms with Crippen LogP contribution in [0.15, 0.2) is 34.2 Å². The van der Waals surface area contributed by atoms with Crippen LogP contribution >= 0.6 is 11.8 Å². The second-order valence-electron chi connectivity index (χ2n) is 7.90. The third-order valence-corrected chi connectivity index (χ3v) is 6.74. The number of benzene rings is 1. The number of nitrogens with zero attached hydrogens (tertiary/aromatic N) is 3. The molecular formula is C21H27N3O2S. The molecule has 4 rings (SSSR count). The van der Waals surface area contributed by atoms with Gasteiger partial charge in [-0.1, -0.05) is 43.7 Å². The highest BCUT2D eigenvalue weighted by molar-refractivity contribution is 7.99. The maximum Gasteiger partial charge on any atom is 0.262 e. The summed E-state index contributed by atoms with van der Waals surface area (Å²) < 4.78 is 1.87. The number of amides is 1. The van der Waals surface area contributed by atoms with Crippen LogP contribution < -0.4 is 5.56 Å². The molecule has 1 amide bonds. The summed E-state index contributed by atoms with van der Waals surface area (Å²) in [5.41, 5.74) is 0.757. The molecule has 1 unspecified atom stereocenters. The smallest absolute Gasteiger partial charge is 0.262 e. The molecule has 1 aliphatic heterocycles. The van der Waals surface area contributed by atoms with E-state index in [0.29, 0.717) is 22.2 Å². The Labute approximate surface area is 164 Å². The van der Waals surface area contributed by atoms with Crippen LogP contribution in [0.5, 0.6) is 0 Å². The highest BCUT2D eigenvalue weighted by atomic mass is 32.2. The van der Waals surface area contributed by atoms with Crippen LogP contribution in [0.1, 0.15) is 51.5 Å². The van der Waals surface area contributed by atoms with E-state index < -0.39 is 0 Å². The molecule has 5 nitrogen and oxygen atoms in total. The van der Waals surface area contributed by atoms with Crippen LogP contribution in [0.2, 0.25) is 0 Å². The molecule has 2 aromatic rings. The number of fused-ring (bicyclic) bond motifs is 1. The summed E-state index contributed by atoms with van der Waals surface area (Å²) in [6.45, 7) is 3.90. The number of hydrogen-bond donors (Lipinski definition) is 0. The predicted molar refractivity (Wildman–Crippen MR) is 109 cm³/mol. The zero-order valence-electron chi connectivity index (χ0n) is 15.9. The molecule has 0 radical (unpaired) electrons. The van der Waals surface area contributed by atoms with E-state index in [9.17, 15) is 9.59 Å². The first-order valence-corrected chi connectivity index (χ1v) is 11.0. The van der Waals surface area contributed by atoms with E-state index in [1.54, 1.807) is 0 Å².